The molecule has 0 bridgehead atoms. The van der Waals surface area contributed by atoms with Gasteiger partial charge in [-0.1, -0.05) is 18.2 Å². The van der Waals surface area contributed by atoms with Crippen LogP contribution in [0.3, 0.4) is 0 Å². The van der Waals surface area contributed by atoms with Crippen molar-refractivity contribution in [1.82, 2.24) is 10.3 Å². The van der Waals surface area contributed by atoms with E-state index in [-0.39, 0.29) is 25.3 Å². The summed E-state index contributed by atoms with van der Waals surface area (Å²) in [6.45, 7) is 0. The smallest absolute Gasteiger partial charge is 0.250 e. The molecule has 0 fully saturated rings. The molecule has 0 unspecified atom stereocenters. The van der Waals surface area contributed by atoms with Gasteiger partial charge in [0, 0.05) is 23.9 Å². The number of nitrogens with one attached hydrogen (secondary N) is 2. The Labute approximate surface area is 105 Å². The van der Waals surface area contributed by atoms with Crippen LogP contribution in [0.5, 0.6) is 0 Å². The molecule has 0 saturated carbocycles. The van der Waals surface area contributed by atoms with Crippen LogP contribution in [0.1, 0.15) is 0 Å². The maximum atomic E-state index is 10.0. The lowest BCUT2D eigenvalue weighted by atomic mass is 10.3. The molecule has 2 heterocycles. The zero-order valence-corrected chi connectivity index (χ0v) is 9.94. The molecular formula is C12H12N2O2S. The molecule has 1 aliphatic heterocycles. The lowest BCUT2D eigenvalue weighted by Crippen LogP contribution is -2.19. The van der Waals surface area contributed by atoms with E-state index in [1.54, 1.807) is 0 Å². The molecule has 1 aromatic carbocycles. The summed E-state index contributed by atoms with van der Waals surface area (Å²) in [4.78, 5) is 23.2. The molecule has 1 aliphatic rings. The summed E-state index contributed by atoms with van der Waals surface area (Å²) in [6.07, 6.45) is 4.34. The summed E-state index contributed by atoms with van der Waals surface area (Å²) in [6, 6.07) is 10.3. The van der Waals surface area contributed by atoms with Gasteiger partial charge in [-0.05, 0) is 17.5 Å². The molecule has 88 valence electrons. The highest BCUT2D eigenvalue weighted by Gasteiger charge is 2.06. The van der Waals surface area contributed by atoms with Crippen LogP contribution in [0.2, 0.25) is 0 Å². The van der Waals surface area contributed by atoms with E-state index in [2.05, 4.69) is 23.2 Å². The van der Waals surface area contributed by atoms with E-state index in [0.29, 0.717) is 0 Å². The summed E-state index contributed by atoms with van der Waals surface area (Å²) >= 11 is 0. The van der Waals surface area contributed by atoms with Gasteiger partial charge in [-0.25, -0.2) is 0 Å². The summed E-state index contributed by atoms with van der Waals surface area (Å²) < 4.78 is 0. The second-order valence-electron chi connectivity index (χ2n) is 3.25. The fourth-order valence-electron chi connectivity index (χ4n) is 1.35. The minimum Gasteiger partial charge on any atom is -0.361 e. The van der Waals surface area contributed by atoms with Crippen molar-refractivity contribution in [2.45, 2.75) is 0 Å². The molecule has 5 heteroatoms. The van der Waals surface area contributed by atoms with Crippen molar-refractivity contribution in [3.05, 3.63) is 48.7 Å². The number of benzene rings is 1. The second kappa shape index (κ2) is 5.91. The third kappa shape index (κ3) is 3.49. The number of H-pyrrole nitrogens is 1. The topological polar surface area (TPSA) is 62.0 Å². The first-order chi connectivity index (χ1) is 7.75. The predicted molar refractivity (Wildman–Crippen MR) is 71.0 cm³/mol. The number of carbonyl (C=O) groups is 2. The van der Waals surface area contributed by atoms with Crippen molar-refractivity contribution < 1.29 is 9.59 Å². The standard InChI is InChI=1S/C8H7N.C4H3NO2.H2S/c1-2-4-8-7(3-1)5-6-9-8;6-3-1-2-4(7)5-3;/h1-6,9H;1-2H,(H,5,6,7);1H2. The molecular weight excluding hydrogens is 236 g/mol. The summed E-state index contributed by atoms with van der Waals surface area (Å²) in [7, 11) is 0. The number of rotatable bonds is 0. The minimum absolute atomic E-state index is 0. The number of para-hydroxylation sites is 1. The number of aromatic nitrogens is 1. The van der Waals surface area contributed by atoms with E-state index < -0.39 is 0 Å². The van der Waals surface area contributed by atoms with Crippen LogP contribution < -0.4 is 5.32 Å². The Bertz CT molecular complexity index is 514. The molecule has 2 aromatic rings. The summed E-state index contributed by atoms with van der Waals surface area (Å²) in [5.41, 5.74) is 1.21. The van der Waals surface area contributed by atoms with Crippen LogP contribution in [0.15, 0.2) is 48.7 Å². The van der Waals surface area contributed by atoms with E-state index >= 15 is 0 Å². The first-order valence-corrected chi connectivity index (χ1v) is 4.81. The Morgan fingerprint density at radius 3 is 2.06 bits per heavy atom. The number of carbonyl (C=O) groups excluding carboxylic acids is 2. The van der Waals surface area contributed by atoms with Gasteiger partial charge in [0.25, 0.3) is 11.8 Å². The van der Waals surface area contributed by atoms with Crippen molar-refractivity contribution in [2.75, 3.05) is 0 Å². The lowest BCUT2D eigenvalue weighted by Gasteiger charge is -1.83. The number of hydrogen-bond acceptors (Lipinski definition) is 2. The van der Waals surface area contributed by atoms with E-state index in [1.165, 1.54) is 23.1 Å². The van der Waals surface area contributed by atoms with Crippen molar-refractivity contribution in [2.24, 2.45) is 0 Å². The Kier molecular flexibility index (Phi) is 4.54. The van der Waals surface area contributed by atoms with Crippen LogP contribution >= 0.6 is 13.5 Å². The minimum atomic E-state index is -0.329. The fourth-order valence-corrected chi connectivity index (χ4v) is 1.35. The number of fused-ring (bicyclic) bond motifs is 1. The Morgan fingerprint density at radius 2 is 1.53 bits per heavy atom. The van der Waals surface area contributed by atoms with Crippen molar-refractivity contribution in [3.63, 3.8) is 0 Å². The quantitative estimate of drug-likeness (QED) is 0.694. The zero-order chi connectivity index (χ0) is 11.4. The Hall–Kier alpha value is -2.01. The van der Waals surface area contributed by atoms with Gasteiger partial charge in [-0.2, -0.15) is 13.5 Å². The van der Waals surface area contributed by atoms with Crippen LogP contribution in [-0.4, -0.2) is 16.8 Å². The van der Waals surface area contributed by atoms with Gasteiger partial charge in [0.15, 0.2) is 0 Å². The normalized spacial score (nSPS) is 12.7. The molecule has 1 aromatic heterocycles. The largest absolute Gasteiger partial charge is 0.361 e. The molecule has 0 spiro atoms. The van der Waals surface area contributed by atoms with Gasteiger partial charge >= 0.3 is 0 Å². The van der Waals surface area contributed by atoms with E-state index in [9.17, 15) is 9.59 Å². The second-order valence-corrected chi connectivity index (χ2v) is 3.25. The van der Waals surface area contributed by atoms with Crippen molar-refractivity contribution >= 4 is 36.2 Å². The van der Waals surface area contributed by atoms with Gasteiger partial charge < -0.3 is 4.98 Å². The van der Waals surface area contributed by atoms with Gasteiger partial charge in [0.2, 0.25) is 0 Å². The number of amides is 2. The van der Waals surface area contributed by atoms with Gasteiger partial charge in [-0.3, -0.25) is 14.9 Å². The molecule has 2 amide bonds. The SMILES string of the molecule is O=C1C=CC(=O)N1.S.c1ccc2[nH]ccc2c1. The molecule has 0 saturated heterocycles. The monoisotopic (exact) mass is 248 g/mol. The van der Waals surface area contributed by atoms with Crippen LogP contribution in [0, 0.1) is 0 Å². The average molecular weight is 248 g/mol. The number of aromatic amines is 1. The first-order valence-electron chi connectivity index (χ1n) is 4.81. The molecule has 17 heavy (non-hydrogen) atoms. The summed E-state index contributed by atoms with van der Waals surface area (Å²) in [5.74, 6) is -0.657. The third-order valence-corrected chi connectivity index (χ3v) is 2.10. The molecule has 0 aliphatic carbocycles. The molecule has 0 atom stereocenters. The predicted octanol–water partition coefficient (Wildman–Crippen LogP) is 1.48. The van der Waals surface area contributed by atoms with Gasteiger partial charge in [0.05, 0.1) is 0 Å². The van der Waals surface area contributed by atoms with Crippen LogP contribution in [0.4, 0.5) is 0 Å². The zero-order valence-electron chi connectivity index (χ0n) is 8.94. The van der Waals surface area contributed by atoms with Crippen LogP contribution in [-0.2, 0) is 9.59 Å². The fraction of sp³-hybridized carbons (Fsp3) is 0. The highest BCUT2D eigenvalue weighted by Crippen LogP contribution is 2.09. The molecule has 3 rings (SSSR count). The maximum Gasteiger partial charge on any atom is 0.250 e. The first kappa shape index (κ1) is 13.1. The lowest BCUT2D eigenvalue weighted by molar-refractivity contribution is -0.123. The van der Waals surface area contributed by atoms with Gasteiger partial charge in [-0.15, -0.1) is 0 Å². The van der Waals surface area contributed by atoms with Crippen molar-refractivity contribution in [3.8, 4) is 0 Å². The molecule has 2 N–H and O–H groups in total. The summed E-state index contributed by atoms with van der Waals surface area (Å²) in [5, 5.41) is 3.30. The van der Waals surface area contributed by atoms with Crippen LogP contribution in [0.25, 0.3) is 10.9 Å². The van der Waals surface area contributed by atoms with E-state index in [1.807, 2.05) is 23.6 Å². The third-order valence-electron chi connectivity index (χ3n) is 2.10. The Balaban J connectivity index is 0.000000166. The van der Waals surface area contributed by atoms with Gasteiger partial charge in [0.1, 0.15) is 0 Å². The molecule has 4 nitrogen and oxygen atoms in total. The highest BCUT2D eigenvalue weighted by atomic mass is 32.1. The molecule has 0 radical (unpaired) electrons. The number of imide groups is 1. The average Bonchev–Trinajstić information content (AvgIpc) is 2.88. The highest BCUT2D eigenvalue weighted by molar-refractivity contribution is 7.59. The van der Waals surface area contributed by atoms with E-state index in [0.717, 1.165) is 0 Å². The van der Waals surface area contributed by atoms with Crippen molar-refractivity contribution in [1.29, 1.82) is 0 Å². The maximum absolute atomic E-state index is 10.0. The van der Waals surface area contributed by atoms with E-state index in [4.69, 9.17) is 0 Å². The number of hydrogen-bond donors (Lipinski definition) is 2. The Morgan fingerprint density at radius 1 is 0.882 bits per heavy atom.